The smallest absolute Gasteiger partial charge is 0.331 e. The van der Waals surface area contributed by atoms with E-state index in [-0.39, 0.29) is 29.6 Å². The predicted octanol–water partition coefficient (Wildman–Crippen LogP) is -0.410. The van der Waals surface area contributed by atoms with E-state index in [0.717, 1.165) is 11.6 Å². The van der Waals surface area contributed by atoms with E-state index in [1.54, 1.807) is 18.2 Å². The standard InChI is InChI=1S/C31H40O15/c1-15-24(36)25(37)26(38)31(43-15)46-29-27(39)30(42-11-10-17-4-7-18(33)21(13-17)41-3)44-22(14-32)28(29)45-23(35)9-6-16-5-8-20(40-2)19(34)12-16/h4-9,12-13,15,22,24-34,36-39H,10-11,14H2,1-3H3/b9-6+/t15-,22-,24-,25+,26+,27-,28-,29-,30-,31-/m1/s1. The molecule has 7 N–H and O–H groups in total. The van der Waals surface area contributed by atoms with E-state index in [2.05, 4.69) is 0 Å². The molecule has 0 spiro atoms. The fraction of sp³-hybridized carbons (Fsp3) is 0.516. The van der Waals surface area contributed by atoms with Crippen molar-refractivity contribution < 1.29 is 73.7 Å². The summed E-state index contributed by atoms with van der Waals surface area (Å²) in [6.45, 7) is 0.727. The van der Waals surface area contributed by atoms with Crippen molar-refractivity contribution in [2.75, 3.05) is 27.4 Å². The Kier molecular flexibility index (Phi) is 12.2. The van der Waals surface area contributed by atoms with Crippen LogP contribution in [-0.4, -0.2) is 131 Å². The van der Waals surface area contributed by atoms with Gasteiger partial charge in [0.25, 0.3) is 0 Å². The highest BCUT2D eigenvalue weighted by molar-refractivity contribution is 5.87. The van der Waals surface area contributed by atoms with Crippen molar-refractivity contribution in [3.63, 3.8) is 0 Å². The van der Waals surface area contributed by atoms with Gasteiger partial charge in [0, 0.05) is 6.08 Å². The summed E-state index contributed by atoms with van der Waals surface area (Å²) in [7, 11) is 2.80. The Hall–Kier alpha value is -3.51. The summed E-state index contributed by atoms with van der Waals surface area (Å²) in [5.41, 5.74) is 1.16. The van der Waals surface area contributed by atoms with Crippen LogP contribution in [0.3, 0.4) is 0 Å². The Morgan fingerprint density at radius 2 is 1.59 bits per heavy atom. The molecule has 0 saturated carbocycles. The number of aromatic hydroxyl groups is 2. The Balaban J connectivity index is 1.52. The molecular formula is C31H40O15. The molecule has 0 bridgehead atoms. The summed E-state index contributed by atoms with van der Waals surface area (Å²) in [4.78, 5) is 12.9. The topological polar surface area (TPSA) is 223 Å². The zero-order valence-electron chi connectivity index (χ0n) is 25.4. The Bertz CT molecular complexity index is 1340. The second-order valence-electron chi connectivity index (χ2n) is 10.8. The van der Waals surface area contributed by atoms with E-state index in [1.807, 2.05) is 0 Å². The fourth-order valence-electron chi connectivity index (χ4n) is 5.08. The number of phenols is 2. The van der Waals surface area contributed by atoms with E-state index in [1.165, 1.54) is 45.4 Å². The van der Waals surface area contributed by atoms with Crippen molar-refractivity contribution in [1.29, 1.82) is 0 Å². The number of hydrogen-bond donors (Lipinski definition) is 7. The molecule has 15 nitrogen and oxygen atoms in total. The second-order valence-corrected chi connectivity index (χ2v) is 10.8. The highest BCUT2D eigenvalue weighted by Crippen LogP contribution is 2.32. The van der Waals surface area contributed by atoms with Gasteiger partial charge in [-0.25, -0.2) is 4.79 Å². The molecular weight excluding hydrogens is 612 g/mol. The molecule has 2 aliphatic heterocycles. The molecule has 2 aromatic rings. The van der Waals surface area contributed by atoms with E-state index in [4.69, 9.17) is 33.2 Å². The Morgan fingerprint density at radius 3 is 2.26 bits per heavy atom. The summed E-state index contributed by atoms with van der Waals surface area (Å²) < 4.78 is 38.6. The van der Waals surface area contributed by atoms with Crippen LogP contribution in [0.4, 0.5) is 0 Å². The molecule has 0 aliphatic carbocycles. The number of aliphatic hydroxyl groups is 5. The molecule has 0 unspecified atom stereocenters. The maximum Gasteiger partial charge on any atom is 0.331 e. The lowest BCUT2D eigenvalue weighted by Gasteiger charge is -2.46. The maximum atomic E-state index is 12.9. The molecule has 15 heteroatoms. The lowest BCUT2D eigenvalue weighted by molar-refractivity contribution is -0.357. The van der Waals surface area contributed by atoms with Crippen LogP contribution in [0.2, 0.25) is 0 Å². The first-order chi connectivity index (χ1) is 22.0. The minimum atomic E-state index is -1.75. The van der Waals surface area contributed by atoms with Crippen molar-refractivity contribution >= 4 is 12.0 Å². The second kappa shape index (κ2) is 15.9. The zero-order chi connectivity index (χ0) is 33.5. The van der Waals surface area contributed by atoms with Crippen LogP contribution in [0.15, 0.2) is 42.5 Å². The quantitative estimate of drug-likeness (QED) is 0.114. The summed E-state index contributed by atoms with van der Waals surface area (Å²) in [5.74, 6) is -0.634. The van der Waals surface area contributed by atoms with Gasteiger partial charge in [0.2, 0.25) is 0 Å². The fourth-order valence-corrected chi connectivity index (χ4v) is 5.08. The van der Waals surface area contributed by atoms with Gasteiger partial charge >= 0.3 is 5.97 Å². The third-order valence-corrected chi connectivity index (χ3v) is 7.68. The van der Waals surface area contributed by atoms with E-state index in [9.17, 15) is 40.5 Å². The number of esters is 1. The zero-order valence-corrected chi connectivity index (χ0v) is 25.4. The van der Waals surface area contributed by atoms with Crippen molar-refractivity contribution in [1.82, 2.24) is 0 Å². The molecule has 0 radical (unpaired) electrons. The van der Waals surface area contributed by atoms with Gasteiger partial charge in [-0.2, -0.15) is 0 Å². The predicted molar refractivity (Wildman–Crippen MR) is 157 cm³/mol. The lowest BCUT2D eigenvalue weighted by atomic mass is 9.97. The SMILES string of the molecule is COc1ccc(/C=C/C(=O)O[C@H]2[C@H](O[C@H]3O[C@H](C)[C@@H](O)[C@H](O)[C@@H]3O)[C@@H](O)[C@H](OCCc3ccc(O)c(OC)c3)O[C@@H]2CO)cc1O. The van der Waals surface area contributed by atoms with Gasteiger partial charge in [0.1, 0.15) is 36.6 Å². The van der Waals surface area contributed by atoms with Crippen molar-refractivity contribution in [3.05, 3.63) is 53.6 Å². The van der Waals surface area contributed by atoms with Crippen LogP contribution in [0.25, 0.3) is 6.08 Å². The van der Waals surface area contributed by atoms with E-state index >= 15 is 0 Å². The molecule has 2 aliphatic rings. The van der Waals surface area contributed by atoms with Gasteiger partial charge in [-0.3, -0.25) is 0 Å². The van der Waals surface area contributed by atoms with Crippen LogP contribution in [-0.2, 0) is 34.9 Å². The largest absolute Gasteiger partial charge is 0.504 e. The number of carbonyl (C=O) groups excluding carboxylic acids is 1. The molecule has 4 rings (SSSR count). The Morgan fingerprint density at radius 1 is 0.848 bits per heavy atom. The lowest BCUT2D eigenvalue weighted by Crippen LogP contribution is -2.65. The Labute approximate surface area is 264 Å². The van der Waals surface area contributed by atoms with Gasteiger partial charge < -0.3 is 68.9 Å². The highest BCUT2D eigenvalue weighted by Gasteiger charge is 2.52. The molecule has 2 fully saturated rings. The van der Waals surface area contributed by atoms with Gasteiger partial charge in [-0.05, 0) is 54.8 Å². The monoisotopic (exact) mass is 652 g/mol. The van der Waals surface area contributed by atoms with Crippen molar-refractivity contribution in [2.24, 2.45) is 0 Å². The number of carbonyl (C=O) groups is 1. The number of phenolic OH excluding ortho intramolecular Hbond substituents is 2. The van der Waals surface area contributed by atoms with Gasteiger partial charge in [-0.15, -0.1) is 0 Å². The molecule has 0 aromatic heterocycles. The number of benzene rings is 2. The minimum Gasteiger partial charge on any atom is -0.504 e. The highest BCUT2D eigenvalue weighted by atomic mass is 16.7. The van der Waals surface area contributed by atoms with Gasteiger partial charge in [0.15, 0.2) is 41.7 Å². The minimum absolute atomic E-state index is 0.00703. The third kappa shape index (κ3) is 8.25. The van der Waals surface area contributed by atoms with Crippen LogP contribution in [0.1, 0.15) is 18.1 Å². The van der Waals surface area contributed by atoms with E-state index < -0.39 is 74.0 Å². The number of methoxy groups -OCH3 is 2. The van der Waals surface area contributed by atoms with Gasteiger partial charge in [0.05, 0.1) is 33.5 Å². The van der Waals surface area contributed by atoms with Crippen LogP contribution >= 0.6 is 0 Å². The molecule has 46 heavy (non-hydrogen) atoms. The van der Waals surface area contributed by atoms with E-state index in [0.29, 0.717) is 12.0 Å². The first-order valence-corrected chi connectivity index (χ1v) is 14.5. The van der Waals surface area contributed by atoms with Crippen molar-refractivity contribution in [3.8, 4) is 23.0 Å². The average molecular weight is 653 g/mol. The van der Waals surface area contributed by atoms with Crippen LogP contribution < -0.4 is 9.47 Å². The normalized spacial score (nSPS) is 31.5. The van der Waals surface area contributed by atoms with Crippen molar-refractivity contribution in [2.45, 2.75) is 74.8 Å². The number of aliphatic hydroxyl groups excluding tert-OH is 5. The summed E-state index contributed by atoms with van der Waals surface area (Å²) in [5, 5.41) is 72.3. The average Bonchev–Trinajstić information content (AvgIpc) is 3.04. The first-order valence-electron chi connectivity index (χ1n) is 14.5. The van der Waals surface area contributed by atoms with Crippen LogP contribution in [0.5, 0.6) is 23.0 Å². The summed E-state index contributed by atoms with van der Waals surface area (Å²) in [6.07, 6.45) is -12.1. The molecule has 10 atom stereocenters. The van der Waals surface area contributed by atoms with Crippen LogP contribution in [0, 0.1) is 0 Å². The maximum absolute atomic E-state index is 12.9. The molecule has 0 amide bonds. The summed E-state index contributed by atoms with van der Waals surface area (Å²) >= 11 is 0. The molecule has 2 saturated heterocycles. The molecule has 2 heterocycles. The number of hydrogen-bond acceptors (Lipinski definition) is 15. The van der Waals surface area contributed by atoms with Gasteiger partial charge in [-0.1, -0.05) is 12.1 Å². The third-order valence-electron chi connectivity index (χ3n) is 7.68. The molecule has 2 aromatic carbocycles. The number of ether oxygens (including phenoxy) is 7. The summed E-state index contributed by atoms with van der Waals surface area (Å²) in [6, 6.07) is 9.16. The molecule has 254 valence electrons. The first kappa shape index (κ1) is 35.3. The number of rotatable bonds is 12.